The van der Waals surface area contributed by atoms with Gasteiger partial charge in [0.2, 0.25) is 5.89 Å². The van der Waals surface area contributed by atoms with Crippen LogP contribution >= 0.6 is 11.8 Å². The molecule has 2 N–H and O–H groups in total. The second-order valence-corrected chi connectivity index (χ2v) is 6.34. The molecule has 0 aliphatic rings. The largest absolute Gasteiger partial charge is 0.496 e. The zero-order valence-corrected chi connectivity index (χ0v) is 14.2. The van der Waals surface area contributed by atoms with E-state index >= 15 is 0 Å². The van der Waals surface area contributed by atoms with Crippen LogP contribution in [0.1, 0.15) is 29.5 Å². The van der Waals surface area contributed by atoms with Gasteiger partial charge >= 0.3 is 0 Å². The molecule has 0 saturated carbocycles. The quantitative estimate of drug-likeness (QED) is 0.682. The third-order valence-electron chi connectivity index (χ3n) is 3.32. The second kappa shape index (κ2) is 7.31. The summed E-state index contributed by atoms with van der Waals surface area (Å²) in [7, 11) is 1.64. The highest BCUT2D eigenvalue weighted by atomic mass is 32.2. The van der Waals surface area contributed by atoms with Gasteiger partial charge in [-0.2, -0.15) is 0 Å². The first kappa shape index (κ1) is 16.3. The Bertz CT molecular complexity index is 823. The van der Waals surface area contributed by atoms with Crippen LogP contribution in [-0.2, 0) is 6.42 Å². The molecule has 0 aliphatic carbocycles. The van der Waals surface area contributed by atoms with Crippen LogP contribution in [0.15, 0.2) is 46.2 Å². The van der Waals surface area contributed by atoms with Crippen molar-refractivity contribution in [2.75, 3.05) is 12.8 Å². The van der Waals surface area contributed by atoms with Gasteiger partial charge in [0.15, 0.2) is 0 Å². The fraction of sp³-hybridized carbons (Fsp3) is 0.250. The zero-order valence-electron chi connectivity index (χ0n) is 13.3. The first-order valence-electron chi connectivity index (χ1n) is 7.35. The predicted molar refractivity (Wildman–Crippen MR) is 90.8 cm³/mol. The van der Waals surface area contributed by atoms with Crippen LogP contribution in [0.3, 0.4) is 0 Å². The molecule has 0 amide bonds. The maximum atomic E-state index is 5.71. The zero-order chi connectivity index (χ0) is 16.9. The normalized spacial score (nSPS) is 12.1. The average molecular weight is 343 g/mol. The van der Waals surface area contributed by atoms with Crippen molar-refractivity contribution >= 4 is 17.6 Å². The van der Waals surface area contributed by atoms with Gasteiger partial charge < -0.3 is 14.9 Å². The predicted octanol–water partition coefficient (Wildman–Crippen LogP) is 2.89. The van der Waals surface area contributed by atoms with Crippen LogP contribution in [0, 0.1) is 0 Å². The molecule has 0 aliphatic heterocycles. The van der Waals surface area contributed by atoms with Crippen LogP contribution in [0.4, 0.5) is 5.82 Å². The molecule has 24 heavy (non-hydrogen) atoms. The highest BCUT2D eigenvalue weighted by Gasteiger charge is 2.16. The van der Waals surface area contributed by atoms with Crippen LogP contribution in [0.5, 0.6) is 5.75 Å². The standard InChI is InChI=1S/C16H17N5O2S/c1-10(15-18-8-7-13(17)19-15)24-16-21-20-14(23-16)9-11-5-3-4-6-12(11)22-2/h3-8,10H,9H2,1-2H3,(H2,17,18,19)/t10-/m1/s1. The summed E-state index contributed by atoms with van der Waals surface area (Å²) in [6.45, 7) is 1.96. The van der Waals surface area contributed by atoms with E-state index in [1.165, 1.54) is 11.8 Å². The maximum Gasteiger partial charge on any atom is 0.277 e. The van der Waals surface area contributed by atoms with Crippen molar-refractivity contribution in [2.45, 2.75) is 23.8 Å². The first-order valence-corrected chi connectivity index (χ1v) is 8.23. The summed E-state index contributed by atoms with van der Waals surface area (Å²) in [6.07, 6.45) is 2.15. The number of methoxy groups -OCH3 is 1. The summed E-state index contributed by atoms with van der Waals surface area (Å²) >= 11 is 1.39. The maximum absolute atomic E-state index is 5.71. The van der Waals surface area contributed by atoms with Gasteiger partial charge in [-0.3, -0.25) is 0 Å². The van der Waals surface area contributed by atoms with Crippen molar-refractivity contribution in [3.8, 4) is 5.75 Å². The topological polar surface area (TPSA) is 100.0 Å². The highest BCUT2D eigenvalue weighted by Crippen LogP contribution is 2.32. The van der Waals surface area contributed by atoms with E-state index in [9.17, 15) is 0 Å². The molecular formula is C16H17N5O2S. The molecule has 1 aromatic carbocycles. The highest BCUT2D eigenvalue weighted by molar-refractivity contribution is 7.99. The number of aromatic nitrogens is 4. The molecule has 3 rings (SSSR count). The van der Waals surface area contributed by atoms with Crippen LogP contribution in [-0.4, -0.2) is 27.3 Å². The molecule has 0 radical (unpaired) electrons. The van der Waals surface area contributed by atoms with Crippen LogP contribution < -0.4 is 10.5 Å². The van der Waals surface area contributed by atoms with Gasteiger partial charge in [-0.1, -0.05) is 30.0 Å². The minimum absolute atomic E-state index is 0.0481. The van der Waals surface area contributed by atoms with Crippen molar-refractivity contribution in [3.63, 3.8) is 0 Å². The first-order chi connectivity index (χ1) is 11.7. The lowest BCUT2D eigenvalue weighted by Gasteiger charge is -2.07. The van der Waals surface area contributed by atoms with Crippen molar-refractivity contribution < 1.29 is 9.15 Å². The number of hydrogen-bond acceptors (Lipinski definition) is 8. The molecule has 3 aromatic rings. The molecule has 8 heteroatoms. The molecule has 0 spiro atoms. The van der Waals surface area contributed by atoms with Crippen molar-refractivity contribution in [1.29, 1.82) is 0 Å². The lowest BCUT2D eigenvalue weighted by Crippen LogP contribution is -2.00. The summed E-state index contributed by atoms with van der Waals surface area (Å²) in [5.74, 6) is 2.40. The molecule has 0 saturated heterocycles. The number of hydrogen-bond donors (Lipinski definition) is 1. The molecule has 124 valence electrons. The monoisotopic (exact) mass is 343 g/mol. The van der Waals surface area contributed by atoms with Gasteiger partial charge in [0.1, 0.15) is 17.4 Å². The fourth-order valence-corrected chi connectivity index (χ4v) is 2.91. The van der Waals surface area contributed by atoms with E-state index in [0.717, 1.165) is 11.3 Å². The fourth-order valence-electron chi connectivity index (χ4n) is 2.16. The Balaban J connectivity index is 1.69. The van der Waals surface area contributed by atoms with Crippen molar-refractivity contribution in [1.82, 2.24) is 20.2 Å². The van der Waals surface area contributed by atoms with Gasteiger partial charge in [0.05, 0.1) is 18.8 Å². The summed E-state index contributed by atoms with van der Waals surface area (Å²) in [5, 5.41) is 8.59. The third kappa shape index (κ3) is 3.83. The van der Waals surface area contributed by atoms with Gasteiger partial charge in [-0.05, 0) is 19.1 Å². The number of para-hydroxylation sites is 1. The summed E-state index contributed by atoms with van der Waals surface area (Å²) in [4.78, 5) is 8.42. The molecule has 1 atom stereocenters. The van der Waals surface area contributed by atoms with E-state index < -0.39 is 0 Å². The van der Waals surface area contributed by atoms with Crippen molar-refractivity contribution in [2.24, 2.45) is 0 Å². The van der Waals surface area contributed by atoms with Gasteiger partial charge in [-0.15, -0.1) is 10.2 Å². The number of nitrogens with zero attached hydrogens (tertiary/aromatic N) is 4. The molecule has 0 unspecified atom stereocenters. The van der Waals surface area contributed by atoms with Crippen LogP contribution in [0.25, 0.3) is 0 Å². The Morgan fingerprint density at radius 2 is 2.08 bits per heavy atom. The Labute approximate surface area is 143 Å². The van der Waals surface area contributed by atoms with E-state index in [0.29, 0.717) is 29.2 Å². The van der Waals surface area contributed by atoms with Gasteiger partial charge in [0.25, 0.3) is 5.22 Å². The van der Waals surface area contributed by atoms with Crippen molar-refractivity contribution in [3.05, 3.63) is 53.8 Å². The average Bonchev–Trinajstić information content (AvgIpc) is 3.02. The Kier molecular flexibility index (Phi) is 4.95. The lowest BCUT2D eigenvalue weighted by atomic mass is 10.1. The second-order valence-electron chi connectivity index (χ2n) is 5.05. The lowest BCUT2D eigenvalue weighted by molar-refractivity contribution is 0.400. The minimum atomic E-state index is -0.0481. The van der Waals surface area contributed by atoms with Gasteiger partial charge in [-0.25, -0.2) is 9.97 Å². The van der Waals surface area contributed by atoms with E-state index in [4.69, 9.17) is 14.9 Å². The number of thioether (sulfide) groups is 1. The Hall–Kier alpha value is -2.61. The number of benzene rings is 1. The molecule has 2 aromatic heterocycles. The Morgan fingerprint density at radius 1 is 1.25 bits per heavy atom. The van der Waals surface area contributed by atoms with E-state index in [2.05, 4.69) is 20.2 Å². The number of nitrogens with two attached hydrogens (primary N) is 1. The molecule has 2 heterocycles. The summed E-state index contributed by atoms with van der Waals surface area (Å²) < 4.78 is 11.0. The molecule has 0 bridgehead atoms. The number of nitrogen functional groups attached to an aromatic ring is 1. The number of anilines is 1. The van der Waals surface area contributed by atoms with E-state index in [-0.39, 0.29) is 5.25 Å². The Morgan fingerprint density at radius 3 is 2.88 bits per heavy atom. The molecule has 0 fully saturated rings. The SMILES string of the molecule is COc1ccccc1Cc1nnc(S[C@H](C)c2nccc(N)n2)o1. The number of rotatable bonds is 6. The smallest absolute Gasteiger partial charge is 0.277 e. The third-order valence-corrected chi connectivity index (χ3v) is 4.25. The molecule has 7 nitrogen and oxygen atoms in total. The van der Waals surface area contributed by atoms with E-state index in [1.807, 2.05) is 31.2 Å². The molecular weight excluding hydrogens is 326 g/mol. The summed E-state index contributed by atoms with van der Waals surface area (Å²) in [6, 6.07) is 9.40. The van der Waals surface area contributed by atoms with Gasteiger partial charge in [0, 0.05) is 11.8 Å². The summed E-state index contributed by atoms with van der Waals surface area (Å²) in [5.41, 5.74) is 6.68. The minimum Gasteiger partial charge on any atom is -0.496 e. The van der Waals surface area contributed by atoms with Crippen LogP contribution in [0.2, 0.25) is 0 Å². The van der Waals surface area contributed by atoms with E-state index in [1.54, 1.807) is 19.4 Å². The number of ether oxygens (including phenoxy) is 1.